The van der Waals surface area contributed by atoms with Crippen molar-refractivity contribution in [1.82, 2.24) is 5.32 Å². The third kappa shape index (κ3) is 1.87. The minimum absolute atomic E-state index is 0.313. The molecule has 1 fully saturated rings. The van der Waals surface area contributed by atoms with Crippen molar-refractivity contribution in [2.75, 3.05) is 0 Å². The lowest BCUT2D eigenvalue weighted by atomic mass is 9.92. The number of rotatable bonds is 3. The lowest BCUT2D eigenvalue weighted by molar-refractivity contribution is 0.296. The third-order valence-electron chi connectivity index (χ3n) is 3.86. The maximum absolute atomic E-state index is 5.97. The molecule has 1 heterocycles. The normalized spacial score (nSPS) is 18.2. The van der Waals surface area contributed by atoms with E-state index in [0.29, 0.717) is 12.1 Å². The van der Waals surface area contributed by atoms with Gasteiger partial charge in [-0.25, -0.2) is 0 Å². The Balaban J connectivity index is 1.90. The van der Waals surface area contributed by atoms with Crippen LogP contribution >= 0.6 is 0 Å². The van der Waals surface area contributed by atoms with Gasteiger partial charge in [-0.1, -0.05) is 24.6 Å². The fourth-order valence-electron chi connectivity index (χ4n) is 2.61. The Morgan fingerprint density at radius 1 is 1.29 bits per heavy atom. The van der Waals surface area contributed by atoms with Gasteiger partial charge < -0.3 is 9.73 Å². The summed E-state index contributed by atoms with van der Waals surface area (Å²) in [5.74, 6) is 1.10. The largest absolute Gasteiger partial charge is 0.459 e. The number of aryl methyl sites for hydroxylation is 1. The van der Waals surface area contributed by atoms with E-state index in [0.717, 1.165) is 11.3 Å². The molecule has 1 aromatic carbocycles. The van der Waals surface area contributed by atoms with E-state index in [-0.39, 0.29) is 0 Å². The molecule has 0 spiro atoms. The van der Waals surface area contributed by atoms with Crippen LogP contribution in [0.15, 0.2) is 28.7 Å². The van der Waals surface area contributed by atoms with Crippen molar-refractivity contribution in [3.63, 3.8) is 0 Å². The van der Waals surface area contributed by atoms with Crippen LogP contribution in [0.2, 0.25) is 0 Å². The van der Waals surface area contributed by atoms with Gasteiger partial charge in [-0.15, -0.1) is 0 Å². The molecule has 17 heavy (non-hydrogen) atoms. The molecule has 0 bridgehead atoms. The van der Waals surface area contributed by atoms with Gasteiger partial charge in [0.1, 0.15) is 11.3 Å². The SMILES string of the molecule is Cc1c(C(C)NC2CCC2)oc2ccccc12. The quantitative estimate of drug-likeness (QED) is 0.862. The highest BCUT2D eigenvalue weighted by molar-refractivity contribution is 5.82. The summed E-state index contributed by atoms with van der Waals surface area (Å²) in [5.41, 5.74) is 2.28. The molecule has 3 rings (SSSR count). The molecular weight excluding hydrogens is 210 g/mol. The zero-order valence-electron chi connectivity index (χ0n) is 10.5. The van der Waals surface area contributed by atoms with Gasteiger partial charge in [-0.3, -0.25) is 0 Å². The Bertz CT molecular complexity index is 525. The molecule has 0 amide bonds. The van der Waals surface area contributed by atoms with Crippen molar-refractivity contribution in [1.29, 1.82) is 0 Å². The Hall–Kier alpha value is -1.28. The van der Waals surface area contributed by atoms with Crippen molar-refractivity contribution >= 4 is 11.0 Å². The summed E-state index contributed by atoms with van der Waals surface area (Å²) in [5, 5.41) is 4.88. The highest BCUT2D eigenvalue weighted by atomic mass is 16.3. The first-order chi connectivity index (χ1) is 8.25. The zero-order valence-corrected chi connectivity index (χ0v) is 10.5. The van der Waals surface area contributed by atoms with Crippen molar-refractivity contribution < 1.29 is 4.42 Å². The summed E-state index contributed by atoms with van der Waals surface area (Å²) in [6, 6.07) is 9.28. The van der Waals surface area contributed by atoms with Crippen LogP contribution in [0.1, 0.15) is 43.6 Å². The van der Waals surface area contributed by atoms with Gasteiger partial charge in [0.2, 0.25) is 0 Å². The van der Waals surface area contributed by atoms with Crippen LogP contribution in [0.5, 0.6) is 0 Å². The van der Waals surface area contributed by atoms with Crippen LogP contribution in [-0.2, 0) is 0 Å². The second kappa shape index (κ2) is 4.19. The van der Waals surface area contributed by atoms with Gasteiger partial charge in [0, 0.05) is 11.4 Å². The van der Waals surface area contributed by atoms with Crippen molar-refractivity contribution in [3.05, 3.63) is 35.6 Å². The first-order valence-corrected chi connectivity index (χ1v) is 6.50. The first-order valence-electron chi connectivity index (χ1n) is 6.50. The molecule has 2 heteroatoms. The predicted octanol–water partition coefficient (Wildman–Crippen LogP) is 3.94. The van der Waals surface area contributed by atoms with Crippen LogP contribution in [-0.4, -0.2) is 6.04 Å². The highest BCUT2D eigenvalue weighted by Crippen LogP contribution is 2.30. The van der Waals surface area contributed by atoms with Gasteiger partial charge in [-0.2, -0.15) is 0 Å². The Morgan fingerprint density at radius 2 is 2.06 bits per heavy atom. The molecule has 90 valence electrons. The van der Waals surface area contributed by atoms with Crippen molar-refractivity contribution in [3.8, 4) is 0 Å². The molecule has 1 aliphatic carbocycles. The fraction of sp³-hybridized carbons (Fsp3) is 0.467. The van der Waals surface area contributed by atoms with Crippen LogP contribution in [0.25, 0.3) is 11.0 Å². The molecule has 0 aliphatic heterocycles. The zero-order chi connectivity index (χ0) is 11.8. The molecule has 1 saturated carbocycles. The number of benzene rings is 1. The Kier molecular flexibility index (Phi) is 2.67. The first kappa shape index (κ1) is 10.8. The molecule has 1 aromatic heterocycles. The van der Waals surface area contributed by atoms with Gasteiger partial charge in [0.25, 0.3) is 0 Å². The van der Waals surface area contributed by atoms with E-state index in [1.54, 1.807) is 0 Å². The summed E-state index contributed by atoms with van der Waals surface area (Å²) in [4.78, 5) is 0. The standard InChI is InChI=1S/C15H19NO/c1-10-13-8-3-4-9-14(13)17-15(10)11(2)16-12-6-5-7-12/h3-4,8-9,11-12,16H,5-7H2,1-2H3. The van der Waals surface area contributed by atoms with E-state index in [1.165, 1.54) is 30.2 Å². The molecule has 1 N–H and O–H groups in total. The molecule has 2 nitrogen and oxygen atoms in total. The van der Waals surface area contributed by atoms with E-state index in [1.807, 2.05) is 12.1 Å². The molecule has 1 aliphatic rings. The third-order valence-corrected chi connectivity index (χ3v) is 3.86. The average molecular weight is 229 g/mol. The average Bonchev–Trinajstić information content (AvgIpc) is 2.62. The van der Waals surface area contributed by atoms with Crippen LogP contribution in [0, 0.1) is 6.92 Å². The Labute approximate surface area is 102 Å². The molecule has 0 saturated heterocycles. The topological polar surface area (TPSA) is 25.2 Å². The monoisotopic (exact) mass is 229 g/mol. The molecule has 1 unspecified atom stereocenters. The molecular formula is C15H19NO. The smallest absolute Gasteiger partial charge is 0.134 e. The second-order valence-electron chi connectivity index (χ2n) is 5.10. The second-order valence-corrected chi connectivity index (χ2v) is 5.10. The summed E-state index contributed by atoms with van der Waals surface area (Å²) in [6.45, 7) is 4.35. The molecule has 0 radical (unpaired) electrons. The van der Waals surface area contributed by atoms with Crippen LogP contribution in [0.4, 0.5) is 0 Å². The summed E-state index contributed by atoms with van der Waals surface area (Å²) in [6.07, 6.45) is 3.98. The number of fused-ring (bicyclic) bond motifs is 1. The number of nitrogens with one attached hydrogen (secondary N) is 1. The summed E-state index contributed by atoms with van der Waals surface area (Å²) >= 11 is 0. The lowest BCUT2D eigenvalue weighted by Crippen LogP contribution is -2.36. The minimum Gasteiger partial charge on any atom is -0.459 e. The van der Waals surface area contributed by atoms with Gasteiger partial charge in [0.05, 0.1) is 6.04 Å². The fourth-order valence-corrected chi connectivity index (χ4v) is 2.61. The van der Waals surface area contributed by atoms with E-state index in [2.05, 4.69) is 31.3 Å². The van der Waals surface area contributed by atoms with Crippen LogP contribution < -0.4 is 5.32 Å². The summed E-state index contributed by atoms with van der Waals surface area (Å²) in [7, 11) is 0. The predicted molar refractivity (Wildman–Crippen MR) is 70.1 cm³/mol. The van der Waals surface area contributed by atoms with Crippen molar-refractivity contribution in [2.45, 2.75) is 45.2 Å². The maximum Gasteiger partial charge on any atom is 0.134 e. The van der Waals surface area contributed by atoms with E-state index in [9.17, 15) is 0 Å². The lowest BCUT2D eigenvalue weighted by Gasteiger charge is -2.29. The van der Waals surface area contributed by atoms with Crippen LogP contribution in [0.3, 0.4) is 0 Å². The van der Waals surface area contributed by atoms with E-state index >= 15 is 0 Å². The van der Waals surface area contributed by atoms with Gasteiger partial charge in [0.15, 0.2) is 0 Å². The molecule has 2 aromatic rings. The van der Waals surface area contributed by atoms with E-state index < -0.39 is 0 Å². The van der Waals surface area contributed by atoms with Crippen molar-refractivity contribution in [2.24, 2.45) is 0 Å². The number of furan rings is 1. The minimum atomic E-state index is 0.313. The van der Waals surface area contributed by atoms with Gasteiger partial charge in [-0.05, 0) is 38.3 Å². The van der Waals surface area contributed by atoms with Gasteiger partial charge >= 0.3 is 0 Å². The Morgan fingerprint density at radius 3 is 2.71 bits per heavy atom. The summed E-state index contributed by atoms with van der Waals surface area (Å²) < 4.78 is 5.97. The highest BCUT2D eigenvalue weighted by Gasteiger charge is 2.23. The van der Waals surface area contributed by atoms with E-state index in [4.69, 9.17) is 4.42 Å². The number of hydrogen-bond acceptors (Lipinski definition) is 2. The maximum atomic E-state index is 5.97. The molecule has 1 atom stereocenters. The number of para-hydroxylation sites is 1. The number of hydrogen-bond donors (Lipinski definition) is 1.